The van der Waals surface area contributed by atoms with Crippen molar-refractivity contribution < 1.29 is 14.3 Å². The first kappa shape index (κ1) is 18.2. The average molecular weight is 381 g/mol. The van der Waals surface area contributed by atoms with Crippen molar-refractivity contribution in [1.82, 2.24) is 20.1 Å². The van der Waals surface area contributed by atoms with Crippen LogP contribution in [0.25, 0.3) is 22.2 Å². The Labute approximate surface area is 163 Å². The van der Waals surface area contributed by atoms with Gasteiger partial charge in [-0.25, -0.2) is 4.98 Å². The van der Waals surface area contributed by atoms with Crippen LogP contribution in [0.4, 0.5) is 5.82 Å². The summed E-state index contributed by atoms with van der Waals surface area (Å²) in [6, 6.07) is 9.74. The number of aromatic amines is 1. The fourth-order valence-electron chi connectivity index (χ4n) is 3.24. The van der Waals surface area contributed by atoms with Crippen LogP contribution >= 0.6 is 0 Å². The van der Waals surface area contributed by atoms with Crippen LogP contribution in [-0.4, -0.2) is 73.0 Å². The third kappa shape index (κ3) is 3.63. The number of rotatable bonds is 6. The van der Waals surface area contributed by atoms with Crippen LogP contribution in [0.5, 0.6) is 5.75 Å². The second kappa shape index (κ2) is 7.85. The second-order valence-electron chi connectivity index (χ2n) is 6.76. The van der Waals surface area contributed by atoms with Crippen molar-refractivity contribution in [3.05, 3.63) is 36.5 Å². The number of carbonyl (C=O) groups is 1. The van der Waals surface area contributed by atoms with E-state index in [1.807, 2.05) is 42.3 Å². The van der Waals surface area contributed by atoms with E-state index in [1.165, 1.54) is 0 Å². The van der Waals surface area contributed by atoms with Crippen molar-refractivity contribution in [3.63, 3.8) is 0 Å². The van der Waals surface area contributed by atoms with Gasteiger partial charge in [0, 0.05) is 44.4 Å². The first-order valence-electron chi connectivity index (χ1n) is 9.21. The summed E-state index contributed by atoms with van der Waals surface area (Å²) in [5, 5.41) is 8.53. The number of aromatic nitrogens is 3. The van der Waals surface area contributed by atoms with E-state index in [2.05, 4.69) is 15.2 Å². The van der Waals surface area contributed by atoms with E-state index >= 15 is 0 Å². The summed E-state index contributed by atoms with van der Waals surface area (Å²) in [4.78, 5) is 20.2. The lowest BCUT2D eigenvalue weighted by Crippen LogP contribution is -2.48. The molecule has 0 unspecified atom stereocenters. The Kier molecular flexibility index (Phi) is 5.12. The van der Waals surface area contributed by atoms with Crippen LogP contribution in [0.3, 0.4) is 0 Å². The lowest BCUT2D eigenvalue weighted by atomic mass is 10.1. The molecule has 1 aromatic carbocycles. The quantitative estimate of drug-likeness (QED) is 0.657. The molecule has 1 amide bonds. The molecule has 1 aliphatic rings. The van der Waals surface area contributed by atoms with Gasteiger partial charge in [-0.05, 0) is 30.3 Å². The number of likely N-dealkylation sites (N-methyl/N-ethyl adjacent to an activating group) is 1. The van der Waals surface area contributed by atoms with Gasteiger partial charge >= 0.3 is 0 Å². The predicted octanol–water partition coefficient (Wildman–Crippen LogP) is 1.93. The van der Waals surface area contributed by atoms with Gasteiger partial charge in [0.25, 0.3) is 0 Å². The third-order valence-corrected chi connectivity index (χ3v) is 4.89. The predicted molar refractivity (Wildman–Crippen MR) is 107 cm³/mol. The molecule has 3 aromatic rings. The maximum Gasteiger partial charge on any atom is 0.241 e. The van der Waals surface area contributed by atoms with Gasteiger partial charge in [0.2, 0.25) is 5.91 Å². The molecule has 8 nitrogen and oxygen atoms in total. The minimum Gasteiger partial charge on any atom is -0.491 e. The van der Waals surface area contributed by atoms with E-state index in [0.29, 0.717) is 26.3 Å². The van der Waals surface area contributed by atoms with Gasteiger partial charge in [0.05, 0.1) is 18.7 Å². The highest BCUT2D eigenvalue weighted by Crippen LogP contribution is 2.30. The Morgan fingerprint density at radius 1 is 1.18 bits per heavy atom. The number of carbonyl (C=O) groups excluding carboxylic acids is 1. The molecular formula is C20H23N5O3. The maximum atomic E-state index is 12.0. The number of amides is 1. The van der Waals surface area contributed by atoms with Crippen LogP contribution in [0, 0.1) is 0 Å². The van der Waals surface area contributed by atoms with Crippen LogP contribution in [-0.2, 0) is 9.53 Å². The SMILES string of the molecule is COCCOc1ccc2[nH]nc(-c3ccnc(N4CCN(C)C(=O)C4)c3)c2c1. The standard InChI is InChI=1S/C20H23N5O3/c1-24-7-8-25(13-19(24)26)18-11-14(5-6-21-18)20-16-12-15(28-10-9-27-2)3-4-17(16)22-23-20/h3-6,11-12H,7-10,13H2,1-2H3,(H,22,23). The fraction of sp³-hybridized carbons (Fsp3) is 0.350. The van der Waals surface area contributed by atoms with Gasteiger partial charge in [-0.3, -0.25) is 9.89 Å². The molecule has 0 bridgehead atoms. The lowest BCUT2D eigenvalue weighted by Gasteiger charge is -2.32. The Morgan fingerprint density at radius 2 is 2.07 bits per heavy atom. The molecule has 1 fully saturated rings. The number of anilines is 1. The minimum atomic E-state index is 0.0986. The molecule has 0 saturated carbocycles. The number of hydrogen-bond acceptors (Lipinski definition) is 6. The number of ether oxygens (including phenoxy) is 2. The number of hydrogen-bond donors (Lipinski definition) is 1. The zero-order valence-corrected chi connectivity index (χ0v) is 16.0. The van der Waals surface area contributed by atoms with Crippen molar-refractivity contribution in [2.45, 2.75) is 0 Å². The highest BCUT2D eigenvalue weighted by Gasteiger charge is 2.22. The van der Waals surface area contributed by atoms with Gasteiger partial charge < -0.3 is 19.3 Å². The molecule has 28 heavy (non-hydrogen) atoms. The number of nitrogens with zero attached hydrogens (tertiary/aromatic N) is 4. The van der Waals surface area contributed by atoms with Gasteiger partial charge in [-0.1, -0.05) is 0 Å². The van der Waals surface area contributed by atoms with E-state index in [0.717, 1.165) is 40.3 Å². The fourth-order valence-corrected chi connectivity index (χ4v) is 3.24. The molecule has 1 saturated heterocycles. The molecule has 2 aromatic heterocycles. The number of methoxy groups -OCH3 is 1. The average Bonchev–Trinajstić information content (AvgIpc) is 3.14. The summed E-state index contributed by atoms with van der Waals surface area (Å²) < 4.78 is 10.8. The number of nitrogens with one attached hydrogen (secondary N) is 1. The van der Waals surface area contributed by atoms with Crippen LogP contribution < -0.4 is 9.64 Å². The van der Waals surface area contributed by atoms with Crippen molar-refractivity contribution in [3.8, 4) is 17.0 Å². The van der Waals surface area contributed by atoms with Gasteiger partial charge in [-0.15, -0.1) is 0 Å². The lowest BCUT2D eigenvalue weighted by molar-refractivity contribution is -0.129. The summed E-state index contributed by atoms with van der Waals surface area (Å²) in [6.07, 6.45) is 1.76. The molecule has 4 rings (SSSR count). The Balaban J connectivity index is 1.62. The monoisotopic (exact) mass is 381 g/mol. The number of pyridine rings is 1. The first-order valence-corrected chi connectivity index (χ1v) is 9.21. The zero-order valence-electron chi connectivity index (χ0n) is 16.0. The molecule has 1 aliphatic heterocycles. The number of piperazine rings is 1. The van der Waals surface area contributed by atoms with Gasteiger partial charge in [-0.2, -0.15) is 5.10 Å². The van der Waals surface area contributed by atoms with E-state index in [9.17, 15) is 4.79 Å². The first-order chi connectivity index (χ1) is 13.7. The van der Waals surface area contributed by atoms with E-state index in [4.69, 9.17) is 9.47 Å². The number of fused-ring (bicyclic) bond motifs is 1. The summed E-state index contributed by atoms with van der Waals surface area (Å²) in [5.74, 6) is 1.65. The molecular weight excluding hydrogens is 358 g/mol. The van der Waals surface area contributed by atoms with Crippen molar-refractivity contribution in [1.29, 1.82) is 0 Å². The van der Waals surface area contributed by atoms with Gasteiger partial charge in [0.1, 0.15) is 23.9 Å². The van der Waals surface area contributed by atoms with Crippen molar-refractivity contribution in [2.75, 3.05) is 51.9 Å². The van der Waals surface area contributed by atoms with Crippen LogP contribution in [0.15, 0.2) is 36.5 Å². The zero-order chi connectivity index (χ0) is 19.5. The van der Waals surface area contributed by atoms with E-state index in [1.54, 1.807) is 18.2 Å². The molecule has 0 aliphatic carbocycles. The minimum absolute atomic E-state index is 0.0986. The van der Waals surface area contributed by atoms with Crippen LogP contribution in [0.2, 0.25) is 0 Å². The Bertz CT molecular complexity index is 987. The molecule has 146 valence electrons. The topological polar surface area (TPSA) is 83.6 Å². The van der Waals surface area contributed by atoms with E-state index < -0.39 is 0 Å². The Hall–Kier alpha value is -3.13. The normalized spacial score (nSPS) is 14.7. The molecule has 0 atom stereocenters. The summed E-state index contributed by atoms with van der Waals surface area (Å²) in [5.41, 5.74) is 2.70. The maximum absolute atomic E-state index is 12.0. The number of H-pyrrole nitrogens is 1. The second-order valence-corrected chi connectivity index (χ2v) is 6.76. The molecule has 3 heterocycles. The van der Waals surface area contributed by atoms with Gasteiger partial charge in [0.15, 0.2) is 0 Å². The largest absolute Gasteiger partial charge is 0.491 e. The summed E-state index contributed by atoms with van der Waals surface area (Å²) in [7, 11) is 3.47. The summed E-state index contributed by atoms with van der Waals surface area (Å²) >= 11 is 0. The third-order valence-electron chi connectivity index (χ3n) is 4.89. The van der Waals surface area contributed by atoms with E-state index in [-0.39, 0.29) is 5.91 Å². The molecule has 0 spiro atoms. The highest BCUT2D eigenvalue weighted by atomic mass is 16.5. The Morgan fingerprint density at radius 3 is 2.89 bits per heavy atom. The smallest absolute Gasteiger partial charge is 0.241 e. The molecule has 0 radical (unpaired) electrons. The van der Waals surface area contributed by atoms with Crippen molar-refractivity contribution in [2.24, 2.45) is 0 Å². The van der Waals surface area contributed by atoms with Crippen molar-refractivity contribution >= 4 is 22.6 Å². The highest BCUT2D eigenvalue weighted by molar-refractivity contribution is 5.94. The molecule has 1 N–H and O–H groups in total. The summed E-state index contributed by atoms with van der Waals surface area (Å²) in [6.45, 7) is 2.82. The molecule has 8 heteroatoms. The van der Waals surface area contributed by atoms with Crippen LogP contribution in [0.1, 0.15) is 0 Å². The number of benzene rings is 1.